The van der Waals surface area contributed by atoms with Crippen LogP contribution in [0.4, 0.5) is 5.13 Å². The molecule has 0 saturated carbocycles. The van der Waals surface area contributed by atoms with E-state index in [2.05, 4.69) is 32.8 Å². The molecule has 134 valence electrons. The summed E-state index contributed by atoms with van der Waals surface area (Å²) in [6, 6.07) is 8.05. The van der Waals surface area contributed by atoms with Gasteiger partial charge in [-0.1, -0.05) is 12.1 Å². The molecular weight excluding hydrogens is 334 g/mol. The second-order valence-electron chi connectivity index (χ2n) is 6.23. The summed E-state index contributed by atoms with van der Waals surface area (Å²) in [7, 11) is 0. The Bertz CT molecular complexity index is 695. The lowest BCUT2D eigenvalue weighted by Gasteiger charge is -2.35. The number of hydrogen-bond acceptors (Lipinski definition) is 5. The molecule has 0 bridgehead atoms. The number of aromatic nitrogens is 1. The minimum atomic E-state index is -0.0167. The lowest BCUT2D eigenvalue weighted by Crippen LogP contribution is -2.51. The smallest absolute Gasteiger partial charge is 0.191 e. The van der Waals surface area contributed by atoms with E-state index < -0.39 is 0 Å². The molecule has 1 atom stereocenters. The van der Waals surface area contributed by atoms with Crippen LogP contribution in [0.15, 0.2) is 40.8 Å². The van der Waals surface area contributed by atoms with Crippen LogP contribution in [0, 0.1) is 6.92 Å². The first-order valence-electron chi connectivity index (χ1n) is 8.54. The monoisotopic (exact) mass is 359 g/mol. The van der Waals surface area contributed by atoms with E-state index in [-0.39, 0.29) is 6.10 Å². The molecule has 25 heavy (non-hydrogen) atoms. The van der Waals surface area contributed by atoms with Gasteiger partial charge in [-0.2, -0.15) is 0 Å². The molecule has 1 aliphatic heterocycles. The molecule has 2 aromatic rings. The lowest BCUT2D eigenvalue weighted by atomic mass is 10.2. The van der Waals surface area contributed by atoms with Crippen molar-refractivity contribution in [3.63, 3.8) is 0 Å². The van der Waals surface area contributed by atoms with Crippen LogP contribution < -0.4 is 15.4 Å². The van der Waals surface area contributed by atoms with Gasteiger partial charge in [0.05, 0.1) is 6.54 Å². The minimum absolute atomic E-state index is 0.0167. The van der Waals surface area contributed by atoms with Crippen molar-refractivity contribution in [3.8, 4) is 5.75 Å². The van der Waals surface area contributed by atoms with Crippen LogP contribution in [0.3, 0.4) is 0 Å². The summed E-state index contributed by atoms with van der Waals surface area (Å²) in [4.78, 5) is 13.3. The first-order chi connectivity index (χ1) is 12.1. The molecule has 1 aliphatic rings. The third-order valence-electron chi connectivity index (χ3n) is 4.13. The molecule has 0 aliphatic carbocycles. The van der Waals surface area contributed by atoms with Crippen LogP contribution in [0.5, 0.6) is 5.75 Å². The fraction of sp³-hybridized carbons (Fsp3) is 0.444. The number of piperazine rings is 1. The second-order valence-corrected chi connectivity index (χ2v) is 7.11. The maximum atomic E-state index is 6.17. The average molecular weight is 359 g/mol. The van der Waals surface area contributed by atoms with Gasteiger partial charge in [0.25, 0.3) is 0 Å². The third-order valence-corrected chi connectivity index (χ3v) is 4.96. The zero-order valence-electron chi connectivity index (χ0n) is 14.8. The molecular formula is C18H25N5OS. The number of aryl methyl sites for hydroxylation is 1. The molecule has 7 heteroatoms. The summed E-state index contributed by atoms with van der Waals surface area (Å²) in [5.74, 6) is 1.47. The van der Waals surface area contributed by atoms with Crippen molar-refractivity contribution in [2.45, 2.75) is 20.0 Å². The van der Waals surface area contributed by atoms with Gasteiger partial charge >= 0.3 is 0 Å². The Hall–Kier alpha value is -2.28. The van der Waals surface area contributed by atoms with Gasteiger partial charge in [-0.3, -0.25) is 0 Å². The zero-order valence-corrected chi connectivity index (χ0v) is 15.6. The van der Waals surface area contributed by atoms with Crippen LogP contribution in [-0.2, 0) is 0 Å². The summed E-state index contributed by atoms with van der Waals surface area (Å²) < 4.78 is 5.90. The van der Waals surface area contributed by atoms with Gasteiger partial charge in [0, 0.05) is 37.8 Å². The van der Waals surface area contributed by atoms with Crippen LogP contribution in [0.25, 0.3) is 0 Å². The number of hydrogen-bond donors (Lipinski definition) is 1. The number of thiazole rings is 1. The molecule has 2 heterocycles. The van der Waals surface area contributed by atoms with Gasteiger partial charge in [-0.05, 0) is 31.5 Å². The van der Waals surface area contributed by atoms with Gasteiger partial charge in [0.1, 0.15) is 11.9 Å². The summed E-state index contributed by atoms with van der Waals surface area (Å²) in [6.45, 7) is 8.17. The van der Waals surface area contributed by atoms with E-state index in [1.807, 2.05) is 36.7 Å². The molecule has 0 amide bonds. The number of nitrogens with zero attached hydrogens (tertiary/aromatic N) is 4. The van der Waals surface area contributed by atoms with E-state index in [0.717, 1.165) is 37.1 Å². The molecule has 1 aromatic carbocycles. The highest BCUT2D eigenvalue weighted by Gasteiger charge is 2.19. The Morgan fingerprint density at radius 3 is 2.84 bits per heavy atom. The van der Waals surface area contributed by atoms with Crippen molar-refractivity contribution in [2.24, 2.45) is 10.7 Å². The summed E-state index contributed by atoms with van der Waals surface area (Å²) >= 11 is 1.67. The Labute approximate surface area is 152 Å². The van der Waals surface area contributed by atoms with Crippen molar-refractivity contribution in [3.05, 3.63) is 41.4 Å². The highest BCUT2D eigenvalue weighted by atomic mass is 32.1. The summed E-state index contributed by atoms with van der Waals surface area (Å²) in [6.07, 6.45) is 1.83. The molecule has 6 nitrogen and oxygen atoms in total. The minimum Gasteiger partial charge on any atom is -0.489 e. The average Bonchev–Trinajstić information content (AvgIpc) is 3.14. The van der Waals surface area contributed by atoms with Gasteiger partial charge in [0.2, 0.25) is 0 Å². The Balaban J connectivity index is 1.47. The zero-order chi connectivity index (χ0) is 17.6. The maximum absolute atomic E-state index is 6.17. The maximum Gasteiger partial charge on any atom is 0.191 e. The molecule has 0 spiro atoms. The molecule has 1 unspecified atom stereocenters. The molecule has 1 saturated heterocycles. The number of nitrogens with two attached hydrogens (primary N) is 1. The highest BCUT2D eigenvalue weighted by Crippen LogP contribution is 2.19. The fourth-order valence-corrected chi connectivity index (χ4v) is 3.48. The van der Waals surface area contributed by atoms with Gasteiger partial charge < -0.3 is 20.3 Å². The topological polar surface area (TPSA) is 67.0 Å². The van der Waals surface area contributed by atoms with Gasteiger partial charge in [0.15, 0.2) is 11.1 Å². The van der Waals surface area contributed by atoms with Crippen molar-refractivity contribution in [1.29, 1.82) is 0 Å². The predicted molar refractivity (Wildman–Crippen MR) is 104 cm³/mol. The number of rotatable bonds is 5. The Kier molecular flexibility index (Phi) is 5.75. The normalized spacial score (nSPS) is 16.8. The number of anilines is 1. The number of aliphatic imine (C=N–C) groups is 1. The quantitative estimate of drug-likeness (QED) is 0.656. The van der Waals surface area contributed by atoms with E-state index >= 15 is 0 Å². The predicted octanol–water partition coefficient (Wildman–Crippen LogP) is 2.36. The first kappa shape index (κ1) is 17.5. The van der Waals surface area contributed by atoms with Crippen molar-refractivity contribution >= 4 is 22.4 Å². The van der Waals surface area contributed by atoms with Crippen LogP contribution in [-0.4, -0.2) is 54.7 Å². The van der Waals surface area contributed by atoms with Crippen molar-refractivity contribution < 1.29 is 4.74 Å². The molecule has 1 fully saturated rings. The van der Waals surface area contributed by atoms with Crippen LogP contribution >= 0.6 is 11.3 Å². The lowest BCUT2D eigenvalue weighted by molar-refractivity contribution is 0.229. The number of guanidine groups is 1. The van der Waals surface area contributed by atoms with Crippen molar-refractivity contribution in [1.82, 2.24) is 9.88 Å². The van der Waals surface area contributed by atoms with E-state index in [1.165, 1.54) is 5.56 Å². The first-order valence-corrected chi connectivity index (χ1v) is 9.42. The van der Waals surface area contributed by atoms with E-state index in [4.69, 9.17) is 10.5 Å². The fourth-order valence-electron chi connectivity index (χ4n) is 2.78. The van der Waals surface area contributed by atoms with Gasteiger partial charge in [-0.15, -0.1) is 11.3 Å². The van der Waals surface area contributed by atoms with E-state index in [0.29, 0.717) is 12.5 Å². The SMILES string of the molecule is Cc1cccc(OC(C)CN=C(N)N2CCN(c3nccs3)CC2)c1. The van der Waals surface area contributed by atoms with E-state index in [1.54, 1.807) is 11.3 Å². The Morgan fingerprint density at radius 2 is 2.16 bits per heavy atom. The second kappa shape index (κ2) is 8.20. The van der Waals surface area contributed by atoms with E-state index in [9.17, 15) is 0 Å². The number of benzene rings is 1. The molecule has 3 rings (SSSR count). The van der Waals surface area contributed by atoms with Gasteiger partial charge in [-0.25, -0.2) is 9.98 Å². The standard InChI is InChI=1S/C18H25N5OS/c1-14-4-3-5-16(12-14)24-15(2)13-21-17(19)22-7-9-23(10-8-22)18-20-6-11-25-18/h3-6,11-12,15H,7-10,13H2,1-2H3,(H2,19,21). The van der Waals surface area contributed by atoms with Crippen LogP contribution in [0.2, 0.25) is 0 Å². The third kappa shape index (κ3) is 4.85. The summed E-state index contributed by atoms with van der Waals surface area (Å²) in [5.41, 5.74) is 7.35. The highest BCUT2D eigenvalue weighted by molar-refractivity contribution is 7.13. The number of ether oxygens (including phenoxy) is 1. The molecule has 1 aromatic heterocycles. The van der Waals surface area contributed by atoms with Crippen LogP contribution in [0.1, 0.15) is 12.5 Å². The summed E-state index contributed by atoms with van der Waals surface area (Å²) in [5, 5.41) is 3.09. The molecule has 0 radical (unpaired) electrons. The van der Waals surface area contributed by atoms with Crippen molar-refractivity contribution in [2.75, 3.05) is 37.6 Å². The molecule has 2 N–H and O–H groups in total. The Morgan fingerprint density at radius 1 is 1.36 bits per heavy atom. The largest absolute Gasteiger partial charge is 0.489 e.